The van der Waals surface area contributed by atoms with Crippen LogP contribution in [-0.2, 0) is 6.61 Å². The number of carbonyl (C=O) groups excluding carboxylic acids is 1. The van der Waals surface area contributed by atoms with Crippen LogP contribution in [-0.4, -0.2) is 20.0 Å². The van der Waals surface area contributed by atoms with Crippen molar-refractivity contribution < 1.29 is 23.4 Å². The molecule has 0 unspecified atom stereocenters. The monoisotopic (exact) mass is 432 g/mol. The minimum absolute atomic E-state index is 0.178. The summed E-state index contributed by atoms with van der Waals surface area (Å²) in [5.41, 5.74) is 0.476. The van der Waals surface area contributed by atoms with Crippen LogP contribution in [0.2, 0.25) is 10.0 Å². The van der Waals surface area contributed by atoms with Crippen molar-refractivity contribution in [2.45, 2.75) is 6.61 Å². The van der Waals surface area contributed by atoms with Crippen molar-refractivity contribution in [3.05, 3.63) is 81.7 Å². The van der Waals surface area contributed by atoms with E-state index in [0.717, 1.165) is 0 Å². The van der Waals surface area contributed by atoms with E-state index in [-0.39, 0.29) is 12.4 Å². The molecule has 0 spiro atoms. The first-order valence-electron chi connectivity index (χ1n) is 8.61. The molecule has 0 bridgehead atoms. The van der Waals surface area contributed by atoms with Gasteiger partial charge in [0.15, 0.2) is 17.3 Å². The Morgan fingerprint density at radius 3 is 2.55 bits per heavy atom. The molecule has 0 amide bonds. The average molecular weight is 433 g/mol. The number of allylic oxidation sites excluding steroid dienone is 1. The Morgan fingerprint density at radius 1 is 1.00 bits per heavy atom. The fourth-order valence-electron chi connectivity index (χ4n) is 2.55. The predicted molar refractivity (Wildman–Crippen MR) is 112 cm³/mol. The van der Waals surface area contributed by atoms with Crippen molar-refractivity contribution in [1.82, 2.24) is 0 Å². The maximum Gasteiger partial charge on any atom is 0.186 e. The number of benzene rings is 2. The van der Waals surface area contributed by atoms with Crippen LogP contribution in [0, 0.1) is 0 Å². The number of halogens is 2. The highest BCUT2D eigenvalue weighted by atomic mass is 35.5. The number of methoxy groups -OCH3 is 2. The zero-order valence-electron chi connectivity index (χ0n) is 15.8. The molecule has 0 N–H and O–H groups in total. The van der Waals surface area contributed by atoms with Crippen LogP contribution < -0.4 is 14.2 Å². The highest BCUT2D eigenvalue weighted by molar-refractivity contribution is 6.42. The van der Waals surface area contributed by atoms with Gasteiger partial charge >= 0.3 is 0 Å². The van der Waals surface area contributed by atoms with E-state index < -0.39 is 0 Å². The summed E-state index contributed by atoms with van der Waals surface area (Å²) in [5.74, 6) is 2.43. The zero-order valence-corrected chi connectivity index (χ0v) is 17.3. The molecular formula is C22H18Cl2O5. The second-order valence-corrected chi connectivity index (χ2v) is 6.70. The van der Waals surface area contributed by atoms with Gasteiger partial charge in [0.05, 0.1) is 19.2 Å². The molecule has 29 heavy (non-hydrogen) atoms. The number of hydrogen-bond acceptors (Lipinski definition) is 5. The quantitative estimate of drug-likeness (QED) is 0.318. The van der Waals surface area contributed by atoms with Crippen molar-refractivity contribution >= 4 is 35.1 Å². The van der Waals surface area contributed by atoms with E-state index in [2.05, 4.69) is 0 Å². The summed E-state index contributed by atoms with van der Waals surface area (Å²) < 4.78 is 21.7. The van der Waals surface area contributed by atoms with Crippen molar-refractivity contribution in [2.75, 3.05) is 14.2 Å². The summed E-state index contributed by atoms with van der Waals surface area (Å²) in [5, 5.41) is 0.766. The van der Waals surface area contributed by atoms with Crippen LogP contribution in [0.5, 0.6) is 17.2 Å². The van der Waals surface area contributed by atoms with Gasteiger partial charge in [0, 0.05) is 5.56 Å². The number of ether oxygens (including phenoxy) is 3. The standard InChI is InChI=1S/C22H18Cl2O5/c1-26-19-11-6-14(12-21(19)27-2)18(25)10-9-15-7-8-16(29-15)13-28-20-5-3-4-17(23)22(20)24/h3-12H,13H2,1-2H3/b10-9+. The van der Waals surface area contributed by atoms with E-state index in [1.807, 2.05) is 0 Å². The lowest BCUT2D eigenvalue weighted by molar-refractivity contribution is 0.104. The molecule has 2 aromatic carbocycles. The lowest BCUT2D eigenvalue weighted by atomic mass is 10.1. The van der Waals surface area contributed by atoms with E-state index in [4.69, 9.17) is 41.8 Å². The van der Waals surface area contributed by atoms with E-state index in [1.165, 1.54) is 20.3 Å². The number of hydrogen-bond donors (Lipinski definition) is 0. The van der Waals surface area contributed by atoms with Gasteiger partial charge in [0.1, 0.15) is 28.9 Å². The lowest BCUT2D eigenvalue weighted by Gasteiger charge is -2.07. The molecule has 5 nitrogen and oxygen atoms in total. The maximum absolute atomic E-state index is 12.4. The molecule has 0 aliphatic rings. The molecule has 150 valence electrons. The molecule has 0 atom stereocenters. The predicted octanol–water partition coefficient (Wildman–Crippen LogP) is 6.08. The minimum Gasteiger partial charge on any atom is -0.493 e. The molecule has 3 rings (SSSR count). The summed E-state index contributed by atoms with van der Waals surface area (Å²) in [7, 11) is 3.06. The van der Waals surface area contributed by atoms with Crippen LogP contribution in [0.4, 0.5) is 0 Å². The van der Waals surface area contributed by atoms with Crippen LogP contribution in [0.3, 0.4) is 0 Å². The maximum atomic E-state index is 12.4. The Hall–Kier alpha value is -2.89. The Balaban J connectivity index is 1.64. The lowest BCUT2D eigenvalue weighted by Crippen LogP contribution is -1.97. The first kappa shape index (κ1) is 20.8. The average Bonchev–Trinajstić information content (AvgIpc) is 3.20. The number of ketones is 1. The number of rotatable bonds is 8. The fraction of sp³-hybridized carbons (Fsp3) is 0.136. The Kier molecular flexibility index (Phi) is 6.86. The second kappa shape index (κ2) is 9.54. The molecule has 3 aromatic rings. The second-order valence-electron chi connectivity index (χ2n) is 5.91. The summed E-state index contributed by atoms with van der Waals surface area (Å²) in [6, 6.07) is 13.6. The van der Waals surface area contributed by atoms with Crippen LogP contribution >= 0.6 is 23.2 Å². The van der Waals surface area contributed by atoms with Gasteiger partial charge in [-0.05, 0) is 54.6 Å². The van der Waals surface area contributed by atoms with Crippen LogP contribution in [0.15, 0.2) is 59.0 Å². The SMILES string of the molecule is COc1ccc(C(=O)/C=C/c2ccc(COc3cccc(Cl)c3Cl)o2)cc1OC. The van der Waals surface area contributed by atoms with E-state index >= 15 is 0 Å². The first-order chi connectivity index (χ1) is 14.0. The molecule has 0 aliphatic carbocycles. The van der Waals surface area contributed by atoms with E-state index in [1.54, 1.807) is 54.6 Å². The Labute approximate surface area is 178 Å². The molecule has 0 aliphatic heterocycles. The van der Waals surface area contributed by atoms with Gasteiger partial charge in [-0.3, -0.25) is 4.79 Å². The third-order valence-corrected chi connectivity index (χ3v) is 4.84. The Bertz CT molecular complexity index is 1040. The molecule has 7 heteroatoms. The van der Waals surface area contributed by atoms with Gasteiger partial charge < -0.3 is 18.6 Å². The van der Waals surface area contributed by atoms with Crippen molar-refractivity contribution in [1.29, 1.82) is 0 Å². The molecule has 0 saturated heterocycles. The molecule has 0 saturated carbocycles. The highest BCUT2D eigenvalue weighted by Crippen LogP contribution is 2.32. The summed E-state index contributed by atoms with van der Waals surface area (Å²) >= 11 is 12.1. The van der Waals surface area contributed by atoms with Gasteiger partial charge in [-0.15, -0.1) is 0 Å². The van der Waals surface area contributed by atoms with Gasteiger partial charge in [-0.25, -0.2) is 0 Å². The molecule has 0 radical (unpaired) electrons. The molecule has 1 aromatic heterocycles. The van der Waals surface area contributed by atoms with Crippen molar-refractivity contribution in [3.8, 4) is 17.2 Å². The smallest absolute Gasteiger partial charge is 0.186 e. The third-order valence-electron chi connectivity index (χ3n) is 4.04. The largest absolute Gasteiger partial charge is 0.493 e. The molecular weight excluding hydrogens is 415 g/mol. The molecule has 1 heterocycles. The van der Waals surface area contributed by atoms with Gasteiger partial charge in [0.2, 0.25) is 0 Å². The third kappa shape index (κ3) is 5.13. The van der Waals surface area contributed by atoms with Gasteiger partial charge in [0.25, 0.3) is 0 Å². The van der Waals surface area contributed by atoms with Crippen molar-refractivity contribution in [2.24, 2.45) is 0 Å². The number of furan rings is 1. The Morgan fingerprint density at radius 2 is 1.79 bits per heavy atom. The summed E-state index contributed by atoms with van der Waals surface area (Å²) in [4.78, 5) is 12.4. The number of carbonyl (C=O) groups is 1. The fourth-order valence-corrected chi connectivity index (χ4v) is 2.90. The van der Waals surface area contributed by atoms with Gasteiger partial charge in [-0.1, -0.05) is 29.3 Å². The first-order valence-corrected chi connectivity index (χ1v) is 9.37. The van der Waals surface area contributed by atoms with E-state index in [9.17, 15) is 4.79 Å². The topological polar surface area (TPSA) is 57.9 Å². The van der Waals surface area contributed by atoms with Crippen molar-refractivity contribution in [3.63, 3.8) is 0 Å². The van der Waals surface area contributed by atoms with Gasteiger partial charge in [-0.2, -0.15) is 0 Å². The van der Waals surface area contributed by atoms with Crippen LogP contribution in [0.1, 0.15) is 21.9 Å². The summed E-state index contributed by atoms with van der Waals surface area (Å²) in [6.45, 7) is 0.178. The summed E-state index contributed by atoms with van der Waals surface area (Å²) in [6.07, 6.45) is 3.02. The van der Waals surface area contributed by atoms with E-state index in [0.29, 0.717) is 44.4 Å². The normalized spacial score (nSPS) is 10.9. The minimum atomic E-state index is -0.189. The van der Waals surface area contributed by atoms with Crippen LogP contribution in [0.25, 0.3) is 6.08 Å². The molecule has 0 fully saturated rings. The zero-order chi connectivity index (χ0) is 20.8. The highest BCUT2D eigenvalue weighted by Gasteiger charge is 2.10.